The van der Waals surface area contributed by atoms with Crippen LogP contribution in [0.5, 0.6) is 5.75 Å². The molecule has 0 saturated carbocycles. The number of aromatic nitrogens is 2. The van der Waals surface area contributed by atoms with Crippen molar-refractivity contribution in [3.63, 3.8) is 0 Å². The maximum Gasteiger partial charge on any atom is 0.275 e. The molecule has 0 aliphatic carbocycles. The molecule has 2 aromatic heterocycles. The molecule has 2 heterocycles. The number of methoxy groups -OCH3 is 1. The number of aryl methyl sites for hydroxylation is 1. The van der Waals surface area contributed by atoms with Crippen molar-refractivity contribution in [3.05, 3.63) is 59.4 Å². The Morgan fingerprint density at radius 2 is 2.13 bits per heavy atom. The average molecular weight is 325 g/mol. The van der Waals surface area contributed by atoms with Gasteiger partial charge in [0, 0.05) is 23.3 Å². The summed E-state index contributed by atoms with van der Waals surface area (Å²) in [5.41, 5.74) is 2.86. The highest BCUT2D eigenvalue weighted by Gasteiger charge is 2.15. The molecule has 0 fully saturated rings. The summed E-state index contributed by atoms with van der Waals surface area (Å²) in [5.74, 6) is 0.366. The summed E-state index contributed by atoms with van der Waals surface area (Å²) in [6, 6.07) is 9.37. The van der Waals surface area contributed by atoms with Crippen LogP contribution in [0, 0.1) is 6.92 Å². The van der Waals surface area contributed by atoms with Crippen LogP contribution in [0.15, 0.2) is 48.1 Å². The quantitative estimate of drug-likeness (QED) is 0.793. The van der Waals surface area contributed by atoms with Gasteiger partial charge in [0.25, 0.3) is 5.91 Å². The zero-order valence-electron chi connectivity index (χ0n) is 12.7. The van der Waals surface area contributed by atoms with Crippen LogP contribution < -0.4 is 10.1 Å². The molecule has 3 rings (SSSR count). The summed E-state index contributed by atoms with van der Waals surface area (Å²) >= 11 is 1.41. The molecule has 0 radical (unpaired) electrons. The van der Waals surface area contributed by atoms with Crippen LogP contribution in [0.2, 0.25) is 0 Å². The summed E-state index contributed by atoms with van der Waals surface area (Å²) in [6.45, 7) is 1.92. The van der Waals surface area contributed by atoms with Crippen molar-refractivity contribution in [2.24, 2.45) is 0 Å². The second kappa shape index (κ2) is 6.58. The number of para-hydroxylation sites is 1. The van der Waals surface area contributed by atoms with Crippen molar-refractivity contribution in [3.8, 4) is 16.3 Å². The van der Waals surface area contributed by atoms with Crippen molar-refractivity contribution in [1.29, 1.82) is 0 Å². The molecule has 23 heavy (non-hydrogen) atoms. The highest BCUT2D eigenvalue weighted by molar-refractivity contribution is 7.13. The van der Waals surface area contributed by atoms with E-state index >= 15 is 0 Å². The van der Waals surface area contributed by atoms with E-state index in [1.165, 1.54) is 11.3 Å². The predicted octanol–water partition coefficient (Wildman–Crippen LogP) is 3.77. The third-order valence-corrected chi connectivity index (χ3v) is 4.23. The van der Waals surface area contributed by atoms with Crippen LogP contribution in [-0.2, 0) is 0 Å². The van der Waals surface area contributed by atoms with Crippen molar-refractivity contribution in [2.75, 3.05) is 12.4 Å². The first kappa shape index (κ1) is 15.2. The molecule has 5 nitrogen and oxygen atoms in total. The average Bonchev–Trinajstić information content (AvgIpc) is 3.07. The van der Waals surface area contributed by atoms with Crippen molar-refractivity contribution >= 4 is 22.9 Å². The van der Waals surface area contributed by atoms with E-state index in [-0.39, 0.29) is 5.91 Å². The fraction of sp³-hybridized carbons (Fsp3) is 0.118. The maximum atomic E-state index is 12.4. The van der Waals surface area contributed by atoms with Gasteiger partial charge in [0.2, 0.25) is 0 Å². The van der Waals surface area contributed by atoms with Crippen LogP contribution >= 0.6 is 11.3 Å². The number of pyridine rings is 1. The number of nitrogens with one attached hydrogen (secondary N) is 1. The molecule has 0 aliphatic rings. The fourth-order valence-corrected chi connectivity index (χ4v) is 2.94. The number of hydrogen-bond acceptors (Lipinski definition) is 5. The minimum absolute atomic E-state index is 0.260. The van der Waals surface area contributed by atoms with Gasteiger partial charge in [-0.2, -0.15) is 0 Å². The lowest BCUT2D eigenvalue weighted by molar-refractivity contribution is 0.102. The molecule has 0 unspecified atom stereocenters. The van der Waals surface area contributed by atoms with Gasteiger partial charge in [0.05, 0.1) is 12.8 Å². The normalized spacial score (nSPS) is 10.3. The third kappa shape index (κ3) is 3.22. The van der Waals surface area contributed by atoms with E-state index < -0.39 is 0 Å². The lowest BCUT2D eigenvalue weighted by Crippen LogP contribution is -2.14. The minimum atomic E-state index is -0.260. The van der Waals surface area contributed by atoms with Crippen LogP contribution in [0.1, 0.15) is 16.1 Å². The SMILES string of the molecule is COc1cccc(C)c1NC(=O)c1csc(-c2cccnc2)n1. The van der Waals surface area contributed by atoms with Gasteiger partial charge in [0.15, 0.2) is 0 Å². The van der Waals surface area contributed by atoms with Crippen molar-refractivity contribution in [2.45, 2.75) is 6.92 Å². The fourth-order valence-electron chi connectivity index (χ4n) is 2.15. The van der Waals surface area contributed by atoms with Crippen LogP contribution in [0.25, 0.3) is 10.6 Å². The van der Waals surface area contributed by atoms with E-state index in [9.17, 15) is 4.79 Å². The Morgan fingerprint density at radius 3 is 2.87 bits per heavy atom. The Bertz CT molecular complexity index is 831. The number of anilines is 1. The van der Waals surface area contributed by atoms with Gasteiger partial charge in [0.1, 0.15) is 16.5 Å². The summed E-state index contributed by atoms with van der Waals surface area (Å²) in [6.07, 6.45) is 3.43. The van der Waals surface area contributed by atoms with Crippen LogP contribution in [0.3, 0.4) is 0 Å². The first-order valence-electron chi connectivity index (χ1n) is 7.00. The Kier molecular flexibility index (Phi) is 4.34. The molecule has 0 saturated heterocycles. The first-order valence-corrected chi connectivity index (χ1v) is 7.88. The van der Waals surface area contributed by atoms with E-state index in [1.54, 1.807) is 24.9 Å². The third-order valence-electron chi connectivity index (χ3n) is 3.34. The van der Waals surface area contributed by atoms with Gasteiger partial charge >= 0.3 is 0 Å². The van der Waals surface area contributed by atoms with E-state index in [2.05, 4.69) is 15.3 Å². The number of benzene rings is 1. The topological polar surface area (TPSA) is 64.1 Å². The number of rotatable bonds is 4. The molecule has 1 N–H and O–H groups in total. The zero-order valence-corrected chi connectivity index (χ0v) is 13.6. The molecule has 0 bridgehead atoms. The minimum Gasteiger partial charge on any atom is -0.495 e. The zero-order chi connectivity index (χ0) is 16.2. The van der Waals surface area contributed by atoms with E-state index in [1.807, 2.05) is 37.3 Å². The lowest BCUT2D eigenvalue weighted by Gasteiger charge is -2.11. The summed E-state index contributed by atoms with van der Waals surface area (Å²) in [7, 11) is 1.58. The molecule has 1 amide bonds. The lowest BCUT2D eigenvalue weighted by atomic mass is 10.2. The predicted molar refractivity (Wildman–Crippen MR) is 91.0 cm³/mol. The second-order valence-electron chi connectivity index (χ2n) is 4.89. The Balaban J connectivity index is 1.84. The van der Waals surface area contributed by atoms with Crippen LogP contribution in [-0.4, -0.2) is 23.0 Å². The Morgan fingerprint density at radius 1 is 1.26 bits per heavy atom. The highest BCUT2D eigenvalue weighted by atomic mass is 32.1. The smallest absolute Gasteiger partial charge is 0.275 e. The largest absolute Gasteiger partial charge is 0.495 e. The van der Waals surface area contributed by atoms with Gasteiger partial charge in [-0.3, -0.25) is 9.78 Å². The molecule has 1 aromatic carbocycles. The standard InChI is InChI=1S/C17H15N3O2S/c1-11-5-3-7-14(22-2)15(11)20-16(21)13-10-23-17(19-13)12-6-4-8-18-9-12/h3-10H,1-2H3,(H,20,21). The molecule has 116 valence electrons. The number of nitrogens with zero attached hydrogens (tertiary/aromatic N) is 2. The number of hydrogen-bond donors (Lipinski definition) is 1. The van der Waals surface area contributed by atoms with Gasteiger partial charge in [-0.25, -0.2) is 4.98 Å². The van der Waals surface area contributed by atoms with E-state index in [0.29, 0.717) is 17.1 Å². The molecule has 6 heteroatoms. The Labute approximate surface area is 138 Å². The van der Waals surface area contributed by atoms with Gasteiger partial charge in [-0.15, -0.1) is 11.3 Å². The number of carbonyl (C=O) groups is 1. The molecular weight excluding hydrogens is 310 g/mol. The summed E-state index contributed by atoms with van der Waals surface area (Å²) in [5, 5.41) is 5.38. The molecule has 0 atom stereocenters. The number of amides is 1. The van der Waals surface area contributed by atoms with Gasteiger partial charge in [-0.05, 0) is 30.7 Å². The van der Waals surface area contributed by atoms with E-state index in [4.69, 9.17) is 4.74 Å². The molecule has 0 spiro atoms. The number of thiazole rings is 1. The van der Waals surface area contributed by atoms with Gasteiger partial charge in [-0.1, -0.05) is 12.1 Å². The highest BCUT2D eigenvalue weighted by Crippen LogP contribution is 2.29. The molecule has 0 aliphatic heterocycles. The maximum absolute atomic E-state index is 12.4. The molecular formula is C17H15N3O2S. The Hall–Kier alpha value is -2.73. The molecule has 3 aromatic rings. The number of ether oxygens (including phenoxy) is 1. The second-order valence-corrected chi connectivity index (χ2v) is 5.74. The number of carbonyl (C=O) groups excluding carboxylic acids is 1. The summed E-state index contributed by atoms with van der Waals surface area (Å²) in [4.78, 5) is 20.9. The van der Waals surface area contributed by atoms with Gasteiger partial charge < -0.3 is 10.1 Å². The first-order chi connectivity index (χ1) is 11.2. The summed E-state index contributed by atoms with van der Waals surface area (Å²) < 4.78 is 5.30. The van der Waals surface area contributed by atoms with Crippen LogP contribution in [0.4, 0.5) is 5.69 Å². The monoisotopic (exact) mass is 325 g/mol. The van der Waals surface area contributed by atoms with Crippen molar-refractivity contribution < 1.29 is 9.53 Å². The van der Waals surface area contributed by atoms with Crippen molar-refractivity contribution in [1.82, 2.24) is 9.97 Å². The van der Waals surface area contributed by atoms with E-state index in [0.717, 1.165) is 16.1 Å².